The molecule has 0 saturated carbocycles. The van der Waals surface area contributed by atoms with E-state index in [1.54, 1.807) is 0 Å². The van der Waals surface area contributed by atoms with Crippen LogP contribution in [-0.2, 0) is 0 Å². The van der Waals surface area contributed by atoms with Crippen LogP contribution in [0.2, 0.25) is 0 Å². The third-order valence-electron chi connectivity index (χ3n) is 1.80. The minimum Gasteiger partial charge on any atom is -0.0984 e. The fourth-order valence-electron chi connectivity index (χ4n) is 1.11. The van der Waals surface area contributed by atoms with Gasteiger partial charge in [0.05, 0.1) is 0 Å². The molecule has 0 nitrogen and oxygen atoms in total. The van der Waals surface area contributed by atoms with E-state index in [-0.39, 0.29) is 0 Å². The molecule has 1 rings (SSSR count). The lowest BCUT2D eigenvalue weighted by Crippen LogP contribution is -1.77. The van der Waals surface area contributed by atoms with Gasteiger partial charge >= 0.3 is 0 Å². The molecule has 1 aromatic rings. The summed E-state index contributed by atoms with van der Waals surface area (Å²) in [6.07, 6.45) is 7.95. The zero-order valence-electron chi connectivity index (χ0n) is 7.90. The van der Waals surface area contributed by atoms with Crippen molar-refractivity contribution in [1.29, 1.82) is 0 Å². The van der Waals surface area contributed by atoms with Crippen molar-refractivity contribution >= 4 is 5.57 Å². The van der Waals surface area contributed by atoms with Crippen LogP contribution in [0.15, 0.2) is 61.2 Å². The molecule has 0 heterocycles. The maximum atomic E-state index is 3.79. The van der Waals surface area contributed by atoms with Crippen LogP contribution >= 0.6 is 0 Å². The fraction of sp³-hybridized carbons (Fsp3) is 0.0769. The smallest absolute Gasteiger partial charge is 0.0184 e. The highest BCUT2D eigenvalue weighted by atomic mass is 14.0. The van der Waals surface area contributed by atoms with E-state index in [1.807, 2.05) is 43.4 Å². The summed E-state index contributed by atoms with van der Waals surface area (Å²) >= 11 is 0. The summed E-state index contributed by atoms with van der Waals surface area (Å²) in [5, 5.41) is 0. The summed E-state index contributed by atoms with van der Waals surface area (Å²) in [6, 6.07) is 10.2. The number of rotatable bonds is 3. The van der Waals surface area contributed by atoms with Gasteiger partial charge in [-0.1, -0.05) is 61.2 Å². The van der Waals surface area contributed by atoms with Gasteiger partial charge in [0.15, 0.2) is 0 Å². The molecule has 0 amide bonds. The summed E-state index contributed by atoms with van der Waals surface area (Å²) in [6.45, 7) is 5.79. The van der Waals surface area contributed by atoms with Gasteiger partial charge in [0.25, 0.3) is 0 Å². The van der Waals surface area contributed by atoms with Crippen molar-refractivity contribution in [2.75, 3.05) is 0 Å². The summed E-state index contributed by atoms with van der Waals surface area (Å²) in [5.74, 6) is 0. The molecule has 0 spiro atoms. The van der Waals surface area contributed by atoms with Gasteiger partial charge in [0.1, 0.15) is 0 Å². The average Bonchev–Trinajstić information content (AvgIpc) is 2.21. The Morgan fingerprint density at radius 1 is 1.23 bits per heavy atom. The lowest BCUT2D eigenvalue weighted by Gasteiger charge is -1.99. The highest BCUT2D eigenvalue weighted by Crippen LogP contribution is 2.14. The quantitative estimate of drug-likeness (QED) is 0.605. The standard InChI is InChI=1S/C13H14/c1-3-5-9-12(4-2)13-10-7-6-8-11-13/h3-11H,2H2,1H3/b5-3-,12-9+. The Kier molecular flexibility index (Phi) is 3.77. The highest BCUT2D eigenvalue weighted by Gasteiger charge is 1.92. The first-order valence-electron chi connectivity index (χ1n) is 4.39. The van der Waals surface area contributed by atoms with Gasteiger partial charge in [0.2, 0.25) is 0 Å². The van der Waals surface area contributed by atoms with E-state index in [9.17, 15) is 0 Å². The molecule has 66 valence electrons. The lowest BCUT2D eigenvalue weighted by molar-refractivity contribution is 1.62. The van der Waals surface area contributed by atoms with Crippen LogP contribution in [0.1, 0.15) is 12.5 Å². The van der Waals surface area contributed by atoms with Gasteiger partial charge in [-0.05, 0) is 18.1 Å². The second-order valence-corrected chi connectivity index (χ2v) is 2.72. The Labute approximate surface area is 79.9 Å². The number of hydrogen-bond donors (Lipinski definition) is 0. The van der Waals surface area contributed by atoms with Crippen LogP contribution in [0.5, 0.6) is 0 Å². The molecule has 0 unspecified atom stereocenters. The molecular formula is C13H14. The second-order valence-electron chi connectivity index (χ2n) is 2.72. The van der Waals surface area contributed by atoms with Gasteiger partial charge < -0.3 is 0 Å². The van der Waals surface area contributed by atoms with Gasteiger partial charge in [-0.25, -0.2) is 0 Å². The number of allylic oxidation sites excluding steroid dienone is 5. The third kappa shape index (κ3) is 2.75. The number of hydrogen-bond acceptors (Lipinski definition) is 0. The molecule has 0 atom stereocenters. The average molecular weight is 170 g/mol. The molecule has 13 heavy (non-hydrogen) atoms. The van der Waals surface area contributed by atoms with Crippen molar-refractivity contribution in [3.05, 3.63) is 66.8 Å². The van der Waals surface area contributed by atoms with Crippen LogP contribution in [0, 0.1) is 0 Å². The summed E-state index contributed by atoms with van der Waals surface area (Å²) < 4.78 is 0. The fourth-order valence-corrected chi connectivity index (χ4v) is 1.11. The number of benzene rings is 1. The van der Waals surface area contributed by atoms with E-state index in [2.05, 4.69) is 24.8 Å². The molecule has 0 N–H and O–H groups in total. The van der Waals surface area contributed by atoms with E-state index in [0.717, 1.165) is 5.57 Å². The molecule has 0 aliphatic carbocycles. The normalized spacial score (nSPS) is 11.9. The van der Waals surface area contributed by atoms with Crippen molar-refractivity contribution < 1.29 is 0 Å². The van der Waals surface area contributed by atoms with Crippen molar-refractivity contribution in [3.63, 3.8) is 0 Å². The van der Waals surface area contributed by atoms with E-state index in [1.165, 1.54) is 5.56 Å². The Morgan fingerprint density at radius 3 is 2.46 bits per heavy atom. The molecule has 0 radical (unpaired) electrons. The van der Waals surface area contributed by atoms with Crippen LogP contribution in [0.4, 0.5) is 0 Å². The predicted octanol–water partition coefficient (Wildman–Crippen LogP) is 3.83. The summed E-state index contributed by atoms with van der Waals surface area (Å²) in [5.41, 5.74) is 2.36. The molecule has 0 bridgehead atoms. The van der Waals surface area contributed by atoms with Crippen LogP contribution in [-0.4, -0.2) is 0 Å². The first-order chi connectivity index (χ1) is 6.38. The monoisotopic (exact) mass is 170 g/mol. The first-order valence-corrected chi connectivity index (χ1v) is 4.39. The van der Waals surface area contributed by atoms with Gasteiger partial charge in [-0.2, -0.15) is 0 Å². The molecule has 0 fully saturated rings. The van der Waals surface area contributed by atoms with E-state index < -0.39 is 0 Å². The molecule has 0 aliphatic rings. The van der Waals surface area contributed by atoms with E-state index in [0.29, 0.717) is 0 Å². The lowest BCUT2D eigenvalue weighted by atomic mass is 10.1. The van der Waals surface area contributed by atoms with Gasteiger partial charge in [-0.15, -0.1) is 0 Å². The van der Waals surface area contributed by atoms with Crippen LogP contribution < -0.4 is 0 Å². The Hall–Kier alpha value is -1.56. The molecule has 0 aliphatic heterocycles. The zero-order valence-corrected chi connectivity index (χ0v) is 7.90. The molecule has 1 aromatic carbocycles. The summed E-state index contributed by atoms with van der Waals surface area (Å²) in [4.78, 5) is 0. The minimum atomic E-state index is 1.15. The highest BCUT2D eigenvalue weighted by molar-refractivity contribution is 5.74. The Bertz CT molecular complexity index is 315. The third-order valence-corrected chi connectivity index (χ3v) is 1.80. The summed E-state index contributed by atoms with van der Waals surface area (Å²) in [7, 11) is 0. The zero-order chi connectivity index (χ0) is 9.52. The maximum Gasteiger partial charge on any atom is -0.0184 e. The van der Waals surface area contributed by atoms with E-state index in [4.69, 9.17) is 0 Å². The molecule has 0 saturated heterocycles. The SMILES string of the molecule is C=C/C(=C\C=C/C)c1ccccc1. The van der Waals surface area contributed by atoms with Crippen LogP contribution in [0.25, 0.3) is 5.57 Å². The van der Waals surface area contributed by atoms with Gasteiger partial charge in [0, 0.05) is 0 Å². The predicted molar refractivity (Wildman–Crippen MR) is 59.4 cm³/mol. The van der Waals surface area contributed by atoms with Crippen molar-refractivity contribution in [1.82, 2.24) is 0 Å². The first kappa shape index (κ1) is 9.53. The maximum absolute atomic E-state index is 3.79. The second kappa shape index (κ2) is 5.15. The van der Waals surface area contributed by atoms with Crippen molar-refractivity contribution in [2.24, 2.45) is 0 Å². The molecule has 0 heteroatoms. The van der Waals surface area contributed by atoms with Crippen LogP contribution in [0.3, 0.4) is 0 Å². The largest absolute Gasteiger partial charge is 0.0984 e. The van der Waals surface area contributed by atoms with Crippen molar-refractivity contribution in [3.8, 4) is 0 Å². The van der Waals surface area contributed by atoms with E-state index >= 15 is 0 Å². The Morgan fingerprint density at radius 2 is 1.92 bits per heavy atom. The Balaban J connectivity index is 2.98. The molecule has 0 aromatic heterocycles. The topological polar surface area (TPSA) is 0 Å². The van der Waals surface area contributed by atoms with Crippen molar-refractivity contribution in [2.45, 2.75) is 6.92 Å². The molecular weight excluding hydrogens is 156 g/mol. The minimum absolute atomic E-state index is 1.15. The van der Waals surface area contributed by atoms with Gasteiger partial charge in [-0.3, -0.25) is 0 Å².